The Hall–Kier alpha value is -3.10. The topological polar surface area (TPSA) is 65.5 Å². The molecule has 3 fully saturated rings. The number of nitrogens with zero attached hydrogens (tertiary/aromatic N) is 3. The number of benzene rings is 1. The van der Waals surface area contributed by atoms with Gasteiger partial charge in [-0.1, -0.05) is 12.1 Å². The second-order valence-corrected chi connectivity index (χ2v) is 10.4. The Balaban J connectivity index is 1.37. The molecule has 1 aromatic heterocycles. The third-order valence-electron chi connectivity index (χ3n) is 7.39. The summed E-state index contributed by atoms with van der Waals surface area (Å²) in [5, 5.41) is 3.39. The number of carbonyl (C=O) groups is 2. The minimum atomic E-state index is -4.32. The number of anilines is 2. The number of alkyl halides is 3. The van der Waals surface area contributed by atoms with Crippen molar-refractivity contribution in [3.63, 3.8) is 0 Å². The van der Waals surface area contributed by atoms with E-state index in [2.05, 4.69) is 17.2 Å². The quantitative estimate of drug-likeness (QED) is 0.573. The molecule has 34 heavy (non-hydrogen) atoms. The maximum atomic E-state index is 13.5. The van der Waals surface area contributed by atoms with Gasteiger partial charge in [0.2, 0.25) is 0 Å². The molecule has 2 aromatic rings. The highest BCUT2D eigenvalue weighted by Crippen LogP contribution is 2.59. The molecule has 1 aromatic carbocycles. The summed E-state index contributed by atoms with van der Waals surface area (Å²) in [5.74, 6) is 0.305. The summed E-state index contributed by atoms with van der Waals surface area (Å²) < 4.78 is 40.4. The van der Waals surface area contributed by atoms with Crippen molar-refractivity contribution in [2.75, 3.05) is 10.2 Å². The SMILES string of the molecule is CC1(Nc2cc(CN3C(=O)N(c4ccc(C5(C(F)(F)F)CC5)cc4)C(=O)C3(C)C)ccn2)CC1. The van der Waals surface area contributed by atoms with Gasteiger partial charge in [-0.05, 0) is 81.8 Å². The molecule has 0 spiro atoms. The van der Waals surface area contributed by atoms with E-state index in [1.54, 1.807) is 26.1 Å². The summed E-state index contributed by atoms with van der Waals surface area (Å²) in [4.78, 5) is 33.4. The second kappa shape index (κ2) is 7.20. The molecule has 0 bridgehead atoms. The third kappa shape index (κ3) is 3.61. The summed E-state index contributed by atoms with van der Waals surface area (Å²) in [6.45, 7) is 5.68. The lowest BCUT2D eigenvalue weighted by atomic mass is 9.95. The van der Waals surface area contributed by atoms with Gasteiger partial charge in [0.25, 0.3) is 5.91 Å². The Morgan fingerprint density at radius 2 is 1.65 bits per heavy atom. The molecule has 2 saturated carbocycles. The lowest BCUT2D eigenvalue weighted by molar-refractivity contribution is -0.160. The number of rotatable bonds is 6. The molecule has 2 aliphatic carbocycles. The van der Waals surface area contributed by atoms with Gasteiger partial charge in [-0.25, -0.2) is 14.7 Å². The molecule has 3 amide bonds. The molecule has 1 N–H and O–H groups in total. The maximum Gasteiger partial charge on any atom is 0.398 e. The summed E-state index contributed by atoms with van der Waals surface area (Å²) in [6, 6.07) is 8.80. The van der Waals surface area contributed by atoms with Crippen LogP contribution in [0.2, 0.25) is 0 Å². The summed E-state index contributed by atoms with van der Waals surface area (Å²) in [6.07, 6.45) is -0.391. The van der Waals surface area contributed by atoms with Crippen molar-refractivity contribution in [1.82, 2.24) is 9.88 Å². The van der Waals surface area contributed by atoms with E-state index in [1.807, 2.05) is 6.07 Å². The van der Waals surface area contributed by atoms with Gasteiger partial charge in [0.15, 0.2) is 0 Å². The number of halogens is 3. The molecule has 9 heteroatoms. The molecule has 180 valence electrons. The zero-order valence-electron chi connectivity index (χ0n) is 19.4. The minimum Gasteiger partial charge on any atom is -0.365 e. The Labute approximate surface area is 196 Å². The van der Waals surface area contributed by atoms with E-state index >= 15 is 0 Å². The molecule has 5 rings (SSSR count). The normalized spacial score (nSPS) is 22.2. The van der Waals surface area contributed by atoms with Crippen LogP contribution in [-0.2, 0) is 16.8 Å². The van der Waals surface area contributed by atoms with Crippen molar-refractivity contribution in [3.8, 4) is 0 Å². The molecule has 0 radical (unpaired) electrons. The van der Waals surface area contributed by atoms with Crippen LogP contribution in [-0.4, -0.2) is 39.1 Å². The molecule has 1 aliphatic heterocycles. The molecule has 0 atom stereocenters. The fourth-order valence-corrected chi connectivity index (χ4v) is 4.56. The number of urea groups is 1. The van der Waals surface area contributed by atoms with Crippen molar-refractivity contribution in [1.29, 1.82) is 0 Å². The van der Waals surface area contributed by atoms with Crippen LogP contribution in [0.4, 0.5) is 29.5 Å². The maximum absolute atomic E-state index is 13.5. The van der Waals surface area contributed by atoms with Gasteiger partial charge in [-0.2, -0.15) is 13.2 Å². The molecule has 1 saturated heterocycles. The van der Waals surface area contributed by atoms with Crippen LogP contribution in [0.15, 0.2) is 42.6 Å². The van der Waals surface area contributed by atoms with Crippen LogP contribution < -0.4 is 10.2 Å². The first-order valence-electron chi connectivity index (χ1n) is 11.4. The number of carbonyl (C=O) groups excluding carboxylic acids is 2. The third-order valence-corrected chi connectivity index (χ3v) is 7.39. The molecule has 3 aliphatic rings. The molecular formula is C25H27F3N4O2. The Morgan fingerprint density at radius 1 is 1.00 bits per heavy atom. The molecule has 2 heterocycles. The number of nitrogens with one attached hydrogen (secondary N) is 1. The predicted molar refractivity (Wildman–Crippen MR) is 121 cm³/mol. The van der Waals surface area contributed by atoms with Crippen molar-refractivity contribution in [2.24, 2.45) is 0 Å². The molecule has 0 unspecified atom stereocenters. The van der Waals surface area contributed by atoms with Crippen LogP contribution in [0.5, 0.6) is 0 Å². The number of hydrogen-bond donors (Lipinski definition) is 1. The highest BCUT2D eigenvalue weighted by molar-refractivity contribution is 6.22. The van der Waals surface area contributed by atoms with Gasteiger partial charge in [-0.15, -0.1) is 0 Å². The molecular weight excluding hydrogens is 445 g/mol. The van der Waals surface area contributed by atoms with Crippen molar-refractivity contribution in [3.05, 3.63) is 53.7 Å². The minimum absolute atomic E-state index is 0.0540. The number of amides is 3. The fraction of sp³-hybridized carbons (Fsp3) is 0.480. The van der Waals surface area contributed by atoms with Gasteiger partial charge in [0, 0.05) is 18.3 Å². The van der Waals surface area contributed by atoms with Gasteiger partial charge < -0.3 is 10.2 Å². The van der Waals surface area contributed by atoms with E-state index in [4.69, 9.17) is 0 Å². The smallest absolute Gasteiger partial charge is 0.365 e. The van der Waals surface area contributed by atoms with Gasteiger partial charge >= 0.3 is 12.2 Å². The van der Waals surface area contributed by atoms with Crippen LogP contribution in [0, 0.1) is 0 Å². The first-order valence-corrected chi connectivity index (χ1v) is 11.4. The van der Waals surface area contributed by atoms with E-state index < -0.39 is 29.1 Å². The summed E-state index contributed by atoms with van der Waals surface area (Å²) >= 11 is 0. The number of hydrogen-bond acceptors (Lipinski definition) is 4. The van der Waals surface area contributed by atoms with E-state index in [0.717, 1.165) is 29.1 Å². The van der Waals surface area contributed by atoms with Crippen molar-refractivity contribution >= 4 is 23.4 Å². The number of aromatic nitrogens is 1. The van der Waals surface area contributed by atoms with Crippen molar-refractivity contribution in [2.45, 2.75) is 75.7 Å². The highest BCUT2D eigenvalue weighted by Gasteiger charge is 2.64. The summed E-state index contributed by atoms with van der Waals surface area (Å²) in [5.41, 5.74) is -1.60. The average Bonchev–Trinajstić information content (AvgIpc) is 3.68. The highest BCUT2D eigenvalue weighted by atomic mass is 19.4. The van der Waals surface area contributed by atoms with Gasteiger partial charge in [0.05, 0.1) is 11.1 Å². The fourth-order valence-electron chi connectivity index (χ4n) is 4.56. The van der Waals surface area contributed by atoms with E-state index in [1.165, 1.54) is 29.2 Å². The van der Waals surface area contributed by atoms with Crippen LogP contribution in [0.3, 0.4) is 0 Å². The van der Waals surface area contributed by atoms with E-state index in [-0.39, 0.29) is 36.2 Å². The summed E-state index contributed by atoms with van der Waals surface area (Å²) in [7, 11) is 0. The zero-order valence-corrected chi connectivity index (χ0v) is 19.4. The Bertz CT molecular complexity index is 1150. The van der Waals surface area contributed by atoms with Crippen LogP contribution in [0.25, 0.3) is 0 Å². The lowest BCUT2D eigenvalue weighted by Crippen LogP contribution is -2.43. The average molecular weight is 473 g/mol. The first-order chi connectivity index (χ1) is 15.9. The molecule has 6 nitrogen and oxygen atoms in total. The van der Waals surface area contributed by atoms with Crippen LogP contribution >= 0.6 is 0 Å². The second-order valence-electron chi connectivity index (χ2n) is 10.4. The zero-order chi connectivity index (χ0) is 24.5. The monoisotopic (exact) mass is 472 g/mol. The Morgan fingerprint density at radius 3 is 2.21 bits per heavy atom. The number of imide groups is 1. The van der Waals surface area contributed by atoms with Crippen molar-refractivity contribution < 1.29 is 22.8 Å². The Kier molecular flexibility index (Phi) is 4.80. The predicted octanol–water partition coefficient (Wildman–Crippen LogP) is 5.39. The largest absolute Gasteiger partial charge is 0.398 e. The number of pyridine rings is 1. The lowest BCUT2D eigenvalue weighted by Gasteiger charge is -2.28. The van der Waals surface area contributed by atoms with Crippen LogP contribution in [0.1, 0.15) is 57.6 Å². The standard InChI is InChI=1S/C25H27F3N4O2/c1-22(2)20(33)32(18-6-4-17(5-7-18)24(11-12-24)25(26,27)28)21(34)31(22)15-16-8-13-29-19(14-16)30-23(3)9-10-23/h4-8,13-14H,9-12,15H2,1-3H3,(H,29,30). The van der Waals surface area contributed by atoms with E-state index in [9.17, 15) is 22.8 Å². The van der Waals surface area contributed by atoms with E-state index in [0.29, 0.717) is 0 Å². The van der Waals surface area contributed by atoms with Gasteiger partial charge in [0.1, 0.15) is 11.4 Å². The van der Waals surface area contributed by atoms with Gasteiger partial charge in [-0.3, -0.25) is 4.79 Å². The first kappa shape index (κ1) is 22.7.